The van der Waals surface area contributed by atoms with E-state index < -0.39 is 11.6 Å². The number of aromatic nitrogens is 2. The summed E-state index contributed by atoms with van der Waals surface area (Å²) in [6, 6.07) is 2.22. The number of H-pyrrole nitrogens is 1. The highest BCUT2D eigenvalue weighted by atomic mass is 35.5. The molecule has 0 aliphatic carbocycles. The van der Waals surface area contributed by atoms with Gasteiger partial charge in [-0.3, -0.25) is 5.10 Å². The predicted octanol–water partition coefficient (Wildman–Crippen LogP) is 2.59. The molecule has 0 atom stereocenters. The maximum absolute atomic E-state index is 13.5. The lowest BCUT2D eigenvalue weighted by atomic mass is 10.1. The number of nitrogens with one attached hydrogen (secondary N) is 1. The average Bonchev–Trinajstić information content (AvgIpc) is 2.60. The minimum absolute atomic E-state index is 0.0927. The standard InChI is InChI=1S/C9H6ClF2N3/c10-5-1-2-6(11)7(8(5)12)4-3-14-15-9(4)13/h1-3H,(H3,13,14,15). The second kappa shape index (κ2) is 3.51. The molecule has 0 spiro atoms. The molecule has 1 aromatic carbocycles. The Morgan fingerprint density at radius 1 is 1.33 bits per heavy atom. The molecule has 0 unspecified atom stereocenters. The van der Waals surface area contributed by atoms with E-state index in [4.69, 9.17) is 17.3 Å². The monoisotopic (exact) mass is 229 g/mol. The maximum Gasteiger partial charge on any atom is 0.152 e. The van der Waals surface area contributed by atoms with Crippen molar-refractivity contribution in [3.63, 3.8) is 0 Å². The Balaban J connectivity index is 2.72. The van der Waals surface area contributed by atoms with Gasteiger partial charge in [-0.1, -0.05) is 11.6 Å². The number of nitrogen functional groups attached to an aromatic ring is 1. The first kappa shape index (κ1) is 9.92. The minimum Gasteiger partial charge on any atom is -0.384 e. The number of halogens is 3. The summed E-state index contributed by atoms with van der Waals surface area (Å²) < 4.78 is 26.9. The SMILES string of the molecule is Nc1[nH]ncc1-c1c(F)ccc(Cl)c1F. The van der Waals surface area contributed by atoms with Gasteiger partial charge < -0.3 is 5.73 Å². The highest BCUT2D eigenvalue weighted by Gasteiger charge is 2.17. The number of rotatable bonds is 1. The Bertz CT molecular complexity index is 510. The van der Waals surface area contributed by atoms with Crippen molar-refractivity contribution in [2.24, 2.45) is 0 Å². The van der Waals surface area contributed by atoms with E-state index in [1.165, 1.54) is 6.20 Å². The second-order valence-electron chi connectivity index (χ2n) is 2.92. The van der Waals surface area contributed by atoms with Gasteiger partial charge in [0.15, 0.2) is 5.82 Å². The van der Waals surface area contributed by atoms with E-state index in [2.05, 4.69) is 10.2 Å². The highest BCUT2D eigenvalue weighted by Crippen LogP contribution is 2.32. The van der Waals surface area contributed by atoms with Crippen molar-refractivity contribution in [3.05, 3.63) is 35.0 Å². The van der Waals surface area contributed by atoms with Crippen molar-refractivity contribution in [1.82, 2.24) is 10.2 Å². The number of aromatic amines is 1. The zero-order valence-electron chi connectivity index (χ0n) is 7.39. The molecule has 2 rings (SSSR count). The quantitative estimate of drug-likeness (QED) is 0.739. The fraction of sp³-hybridized carbons (Fsp3) is 0. The topological polar surface area (TPSA) is 54.7 Å². The lowest BCUT2D eigenvalue weighted by Gasteiger charge is -2.04. The normalized spacial score (nSPS) is 10.6. The van der Waals surface area contributed by atoms with Gasteiger partial charge in [-0.05, 0) is 12.1 Å². The third kappa shape index (κ3) is 1.55. The molecule has 0 saturated carbocycles. The Hall–Kier alpha value is -1.62. The molecule has 0 bridgehead atoms. The molecule has 1 aromatic heterocycles. The lowest BCUT2D eigenvalue weighted by molar-refractivity contribution is 0.590. The molecule has 0 amide bonds. The molecule has 0 aliphatic heterocycles. The molecular weight excluding hydrogens is 224 g/mol. The summed E-state index contributed by atoms with van der Waals surface area (Å²) in [5.74, 6) is -1.48. The Labute approximate surface area is 88.9 Å². The van der Waals surface area contributed by atoms with Crippen LogP contribution in [0.5, 0.6) is 0 Å². The molecule has 2 aromatic rings. The number of nitrogens with zero attached hydrogens (tertiary/aromatic N) is 1. The summed E-state index contributed by atoms with van der Waals surface area (Å²) in [6.07, 6.45) is 1.24. The molecule has 3 nitrogen and oxygen atoms in total. The van der Waals surface area contributed by atoms with Crippen LogP contribution in [-0.2, 0) is 0 Å². The summed E-state index contributed by atoms with van der Waals surface area (Å²) in [4.78, 5) is 0. The van der Waals surface area contributed by atoms with Crippen LogP contribution >= 0.6 is 11.6 Å². The van der Waals surface area contributed by atoms with Crippen molar-refractivity contribution in [2.45, 2.75) is 0 Å². The van der Waals surface area contributed by atoms with Crippen LogP contribution in [0.1, 0.15) is 0 Å². The fourth-order valence-electron chi connectivity index (χ4n) is 1.27. The summed E-state index contributed by atoms with van der Waals surface area (Å²) in [5, 5.41) is 5.82. The molecule has 0 radical (unpaired) electrons. The van der Waals surface area contributed by atoms with Crippen molar-refractivity contribution >= 4 is 17.4 Å². The van der Waals surface area contributed by atoms with Crippen molar-refractivity contribution in [1.29, 1.82) is 0 Å². The first-order valence-corrected chi connectivity index (χ1v) is 4.41. The Morgan fingerprint density at radius 3 is 2.67 bits per heavy atom. The molecule has 0 fully saturated rings. The maximum atomic E-state index is 13.5. The van der Waals surface area contributed by atoms with Gasteiger partial charge in [0.1, 0.15) is 11.6 Å². The van der Waals surface area contributed by atoms with Crippen LogP contribution < -0.4 is 5.73 Å². The van der Waals surface area contributed by atoms with Gasteiger partial charge >= 0.3 is 0 Å². The summed E-state index contributed by atoms with van der Waals surface area (Å²) in [6.45, 7) is 0. The van der Waals surface area contributed by atoms with Gasteiger partial charge in [0.05, 0.1) is 16.8 Å². The van der Waals surface area contributed by atoms with Gasteiger partial charge in [0, 0.05) is 5.56 Å². The third-order valence-electron chi connectivity index (χ3n) is 1.98. The van der Waals surface area contributed by atoms with Crippen LogP contribution in [0.15, 0.2) is 18.3 Å². The summed E-state index contributed by atoms with van der Waals surface area (Å²) in [7, 11) is 0. The number of hydrogen-bond donors (Lipinski definition) is 2. The van der Waals surface area contributed by atoms with Gasteiger partial charge in [-0.2, -0.15) is 5.10 Å². The largest absolute Gasteiger partial charge is 0.384 e. The zero-order chi connectivity index (χ0) is 11.0. The molecule has 0 aliphatic rings. The highest BCUT2D eigenvalue weighted by molar-refractivity contribution is 6.31. The first-order chi connectivity index (χ1) is 7.11. The Kier molecular flexibility index (Phi) is 2.32. The second-order valence-corrected chi connectivity index (χ2v) is 3.32. The summed E-state index contributed by atoms with van der Waals surface area (Å²) >= 11 is 5.54. The number of benzene rings is 1. The smallest absolute Gasteiger partial charge is 0.152 e. The van der Waals surface area contributed by atoms with Gasteiger partial charge in [0.25, 0.3) is 0 Å². The fourth-order valence-corrected chi connectivity index (χ4v) is 1.43. The average molecular weight is 230 g/mol. The molecule has 6 heteroatoms. The van der Waals surface area contributed by atoms with E-state index in [0.29, 0.717) is 0 Å². The lowest BCUT2D eigenvalue weighted by Crippen LogP contribution is -1.94. The van der Waals surface area contributed by atoms with Crippen LogP contribution in [0, 0.1) is 11.6 Å². The number of hydrogen-bond acceptors (Lipinski definition) is 2. The Morgan fingerprint density at radius 2 is 2.07 bits per heavy atom. The van der Waals surface area contributed by atoms with E-state index in [0.717, 1.165) is 12.1 Å². The molecule has 15 heavy (non-hydrogen) atoms. The van der Waals surface area contributed by atoms with Crippen molar-refractivity contribution in [3.8, 4) is 11.1 Å². The zero-order valence-corrected chi connectivity index (χ0v) is 8.15. The van der Waals surface area contributed by atoms with Crippen LogP contribution in [0.25, 0.3) is 11.1 Å². The summed E-state index contributed by atoms with van der Waals surface area (Å²) in [5.41, 5.74) is 5.36. The number of nitrogens with two attached hydrogens (primary N) is 1. The third-order valence-corrected chi connectivity index (χ3v) is 2.27. The van der Waals surface area contributed by atoms with E-state index in [1.54, 1.807) is 0 Å². The van der Waals surface area contributed by atoms with Crippen molar-refractivity contribution in [2.75, 3.05) is 5.73 Å². The van der Waals surface area contributed by atoms with Crippen LogP contribution in [0.3, 0.4) is 0 Å². The van der Waals surface area contributed by atoms with E-state index >= 15 is 0 Å². The van der Waals surface area contributed by atoms with Crippen LogP contribution in [0.2, 0.25) is 5.02 Å². The molecule has 1 heterocycles. The molecule has 78 valence electrons. The molecular formula is C9H6ClF2N3. The van der Waals surface area contributed by atoms with Crippen LogP contribution in [0.4, 0.5) is 14.6 Å². The first-order valence-electron chi connectivity index (χ1n) is 4.04. The van der Waals surface area contributed by atoms with Gasteiger partial charge in [0.2, 0.25) is 0 Å². The van der Waals surface area contributed by atoms with E-state index in [-0.39, 0.29) is 22.0 Å². The van der Waals surface area contributed by atoms with Crippen LogP contribution in [-0.4, -0.2) is 10.2 Å². The molecule has 0 saturated heterocycles. The minimum atomic E-state index is -0.843. The van der Waals surface area contributed by atoms with Gasteiger partial charge in [-0.25, -0.2) is 8.78 Å². The number of anilines is 1. The molecule has 3 N–H and O–H groups in total. The van der Waals surface area contributed by atoms with E-state index in [9.17, 15) is 8.78 Å². The van der Waals surface area contributed by atoms with Gasteiger partial charge in [-0.15, -0.1) is 0 Å². The predicted molar refractivity (Wildman–Crippen MR) is 53.4 cm³/mol. The van der Waals surface area contributed by atoms with Crippen molar-refractivity contribution < 1.29 is 8.78 Å². The van der Waals surface area contributed by atoms with E-state index in [1.807, 2.05) is 0 Å².